The van der Waals surface area contributed by atoms with Gasteiger partial charge in [-0.25, -0.2) is 0 Å². The zero-order chi connectivity index (χ0) is 23.6. The van der Waals surface area contributed by atoms with Gasteiger partial charge in [0.25, 0.3) is 6.01 Å². The Labute approximate surface area is 207 Å². The summed E-state index contributed by atoms with van der Waals surface area (Å²) in [6, 6.07) is 30.9. The molecule has 1 aromatic heterocycles. The van der Waals surface area contributed by atoms with Crippen LogP contribution in [0.15, 0.2) is 111 Å². The van der Waals surface area contributed by atoms with E-state index in [-0.39, 0.29) is 12.3 Å². The van der Waals surface area contributed by atoms with Gasteiger partial charge in [0, 0.05) is 28.4 Å². The lowest BCUT2D eigenvalue weighted by Gasteiger charge is -2.30. The number of hydrogen-bond donors (Lipinski definition) is 2. The highest BCUT2D eigenvalue weighted by Crippen LogP contribution is 2.50. The molecular formula is C28H22N4O2S. The second-order valence-electron chi connectivity index (χ2n) is 8.17. The molecule has 1 amide bonds. The second kappa shape index (κ2) is 9.19. The molecule has 1 aliphatic rings. The monoisotopic (exact) mass is 478 g/mol. The van der Waals surface area contributed by atoms with Gasteiger partial charge in [-0.1, -0.05) is 66.4 Å². The van der Waals surface area contributed by atoms with E-state index in [1.165, 1.54) is 0 Å². The molecule has 7 heteroatoms. The minimum atomic E-state index is -0.0736. The number of nitrogens with one attached hydrogen (secondary N) is 2. The molecule has 2 heterocycles. The number of para-hydroxylation sites is 2. The summed E-state index contributed by atoms with van der Waals surface area (Å²) >= 11 is 1.75. The number of rotatable bonds is 6. The van der Waals surface area contributed by atoms with E-state index >= 15 is 0 Å². The van der Waals surface area contributed by atoms with Crippen molar-refractivity contribution >= 4 is 57.3 Å². The number of amides is 1. The molecule has 0 saturated carbocycles. The molecule has 0 aliphatic carbocycles. The van der Waals surface area contributed by atoms with Crippen molar-refractivity contribution in [2.45, 2.75) is 16.2 Å². The Morgan fingerprint density at radius 2 is 1.54 bits per heavy atom. The standard InChI is InChI=1S/C28H22N4O2S/c33-27(30-21-14-13-19-7-1-2-8-20(19)17-21)15-16-29-28-31-26(18-34-28)32-22-9-3-5-11-24(22)35-25-12-6-4-10-23(25)32/h1-14,17-18H,15-16H2,(H,29,31)(H,30,33). The van der Waals surface area contributed by atoms with Gasteiger partial charge in [-0.3, -0.25) is 9.69 Å². The van der Waals surface area contributed by atoms with Crippen LogP contribution in [-0.2, 0) is 4.79 Å². The first-order chi connectivity index (χ1) is 17.2. The van der Waals surface area contributed by atoms with Crippen LogP contribution >= 0.6 is 11.8 Å². The summed E-state index contributed by atoms with van der Waals surface area (Å²) in [5, 5.41) is 8.32. The molecule has 0 unspecified atom stereocenters. The van der Waals surface area contributed by atoms with Crippen molar-refractivity contribution in [1.82, 2.24) is 4.98 Å². The first-order valence-electron chi connectivity index (χ1n) is 11.4. The quantitative estimate of drug-likeness (QED) is 0.264. The molecule has 0 bridgehead atoms. The van der Waals surface area contributed by atoms with Gasteiger partial charge < -0.3 is 15.1 Å². The predicted octanol–water partition coefficient (Wildman–Crippen LogP) is 7.20. The maximum absolute atomic E-state index is 12.5. The summed E-state index contributed by atoms with van der Waals surface area (Å²) < 4.78 is 5.69. The van der Waals surface area contributed by atoms with Crippen molar-refractivity contribution in [2.24, 2.45) is 0 Å². The highest BCUT2D eigenvalue weighted by Gasteiger charge is 2.26. The molecule has 6 rings (SSSR count). The maximum atomic E-state index is 12.5. The summed E-state index contributed by atoms with van der Waals surface area (Å²) in [6.07, 6.45) is 1.93. The number of aromatic nitrogens is 1. The molecule has 0 saturated heterocycles. The first kappa shape index (κ1) is 21.3. The third kappa shape index (κ3) is 4.34. The third-order valence-corrected chi connectivity index (χ3v) is 6.95. The Balaban J connectivity index is 1.12. The van der Waals surface area contributed by atoms with Gasteiger partial charge in [0.15, 0.2) is 5.82 Å². The molecular weight excluding hydrogens is 456 g/mol. The van der Waals surface area contributed by atoms with Crippen LogP contribution in [0.5, 0.6) is 0 Å². The minimum absolute atomic E-state index is 0.0736. The van der Waals surface area contributed by atoms with Crippen molar-refractivity contribution in [3.05, 3.63) is 97.3 Å². The summed E-state index contributed by atoms with van der Waals surface area (Å²) in [7, 11) is 0. The van der Waals surface area contributed by atoms with Crippen LogP contribution < -0.4 is 15.5 Å². The molecule has 2 N–H and O–H groups in total. The lowest BCUT2D eigenvalue weighted by atomic mass is 10.1. The van der Waals surface area contributed by atoms with Crippen LogP contribution in [0.4, 0.5) is 28.9 Å². The molecule has 0 fully saturated rings. The van der Waals surface area contributed by atoms with E-state index in [4.69, 9.17) is 4.42 Å². The normalized spacial score (nSPS) is 12.2. The van der Waals surface area contributed by atoms with Gasteiger partial charge >= 0.3 is 0 Å². The van der Waals surface area contributed by atoms with E-state index in [0.29, 0.717) is 18.4 Å². The van der Waals surface area contributed by atoms with Crippen molar-refractivity contribution in [3.8, 4) is 0 Å². The summed E-state index contributed by atoms with van der Waals surface area (Å²) in [6.45, 7) is 0.405. The molecule has 0 radical (unpaired) electrons. The molecule has 4 aromatic carbocycles. The van der Waals surface area contributed by atoms with Crippen molar-refractivity contribution in [1.29, 1.82) is 0 Å². The number of nitrogens with zero attached hydrogens (tertiary/aromatic N) is 2. The lowest BCUT2D eigenvalue weighted by Crippen LogP contribution is -2.17. The van der Waals surface area contributed by atoms with E-state index in [9.17, 15) is 4.79 Å². The van der Waals surface area contributed by atoms with Crippen molar-refractivity contribution in [2.75, 3.05) is 22.1 Å². The average Bonchev–Trinajstić information content (AvgIpc) is 3.35. The van der Waals surface area contributed by atoms with Crippen LogP contribution in [0.2, 0.25) is 0 Å². The van der Waals surface area contributed by atoms with Gasteiger partial charge in [0.05, 0.1) is 11.4 Å². The van der Waals surface area contributed by atoms with Gasteiger partial charge in [-0.05, 0) is 47.2 Å². The molecule has 0 spiro atoms. The summed E-state index contributed by atoms with van der Waals surface area (Å²) in [4.78, 5) is 21.5. The Kier molecular flexibility index (Phi) is 5.60. The van der Waals surface area contributed by atoms with Crippen LogP contribution in [0.3, 0.4) is 0 Å². The highest BCUT2D eigenvalue weighted by atomic mass is 32.2. The van der Waals surface area contributed by atoms with E-state index < -0.39 is 0 Å². The molecule has 172 valence electrons. The van der Waals surface area contributed by atoms with Gasteiger partial charge in [0.1, 0.15) is 6.26 Å². The summed E-state index contributed by atoms with van der Waals surface area (Å²) in [5.74, 6) is 0.615. The number of oxazole rings is 1. The largest absolute Gasteiger partial charge is 0.430 e. The van der Waals surface area contributed by atoms with Crippen LogP contribution in [-0.4, -0.2) is 17.4 Å². The average molecular weight is 479 g/mol. The molecule has 6 nitrogen and oxygen atoms in total. The zero-order valence-corrected chi connectivity index (χ0v) is 19.6. The van der Waals surface area contributed by atoms with E-state index in [1.54, 1.807) is 18.0 Å². The van der Waals surface area contributed by atoms with Crippen molar-refractivity contribution < 1.29 is 9.21 Å². The highest BCUT2D eigenvalue weighted by molar-refractivity contribution is 7.99. The topological polar surface area (TPSA) is 70.4 Å². The van der Waals surface area contributed by atoms with Crippen LogP contribution in [0.1, 0.15) is 6.42 Å². The van der Waals surface area contributed by atoms with Crippen LogP contribution in [0.25, 0.3) is 10.8 Å². The number of anilines is 5. The van der Waals surface area contributed by atoms with E-state index in [0.717, 1.165) is 37.6 Å². The van der Waals surface area contributed by atoms with Gasteiger partial charge in [-0.15, -0.1) is 0 Å². The first-order valence-corrected chi connectivity index (χ1v) is 12.2. The molecule has 35 heavy (non-hydrogen) atoms. The minimum Gasteiger partial charge on any atom is -0.430 e. The fourth-order valence-electron chi connectivity index (χ4n) is 4.17. The zero-order valence-electron chi connectivity index (χ0n) is 18.8. The SMILES string of the molecule is O=C(CCNc1nc(N2c3ccccc3Sc3ccccc32)co1)Nc1ccc2ccccc2c1. The van der Waals surface area contributed by atoms with Gasteiger partial charge in [0.2, 0.25) is 5.91 Å². The number of fused-ring (bicyclic) bond motifs is 3. The number of carbonyl (C=O) groups excluding carboxylic acids is 1. The fraction of sp³-hybridized carbons (Fsp3) is 0.0714. The maximum Gasteiger partial charge on any atom is 0.296 e. The van der Waals surface area contributed by atoms with Crippen LogP contribution in [0, 0.1) is 0 Å². The van der Waals surface area contributed by atoms with E-state index in [2.05, 4.69) is 50.8 Å². The molecule has 0 atom stereocenters. The number of hydrogen-bond acceptors (Lipinski definition) is 6. The Morgan fingerprint density at radius 3 is 2.31 bits per heavy atom. The van der Waals surface area contributed by atoms with E-state index in [1.807, 2.05) is 60.7 Å². The predicted molar refractivity (Wildman–Crippen MR) is 141 cm³/mol. The Morgan fingerprint density at radius 1 is 0.857 bits per heavy atom. The van der Waals surface area contributed by atoms with Crippen molar-refractivity contribution in [3.63, 3.8) is 0 Å². The third-order valence-electron chi connectivity index (χ3n) is 5.81. The Hall–Kier alpha value is -4.23. The molecule has 1 aliphatic heterocycles. The summed E-state index contributed by atoms with van der Waals surface area (Å²) in [5.41, 5.74) is 2.91. The number of carbonyl (C=O) groups is 1. The Bertz CT molecular complexity index is 1480. The smallest absolute Gasteiger partial charge is 0.296 e. The van der Waals surface area contributed by atoms with Gasteiger partial charge in [-0.2, -0.15) is 4.98 Å². The second-order valence-corrected chi connectivity index (χ2v) is 9.25. The number of benzene rings is 4. The fourth-order valence-corrected chi connectivity index (χ4v) is 5.23. The molecule has 5 aromatic rings. The lowest BCUT2D eigenvalue weighted by molar-refractivity contribution is -0.115.